The van der Waals surface area contributed by atoms with E-state index in [4.69, 9.17) is 0 Å². The van der Waals surface area contributed by atoms with E-state index in [2.05, 4.69) is 62.5 Å². The fourth-order valence-electron chi connectivity index (χ4n) is 3.31. The lowest BCUT2D eigenvalue weighted by atomic mass is 9.99. The van der Waals surface area contributed by atoms with Gasteiger partial charge in [-0.15, -0.1) is 0 Å². The monoisotopic (exact) mass is 345 g/mol. The van der Waals surface area contributed by atoms with Gasteiger partial charge in [0.25, 0.3) is 0 Å². The lowest BCUT2D eigenvalue weighted by Gasteiger charge is -2.25. The Kier molecular flexibility index (Phi) is 4.54. The van der Waals surface area contributed by atoms with Crippen molar-refractivity contribution in [3.63, 3.8) is 0 Å². The highest BCUT2D eigenvalue weighted by Crippen LogP contribution is 2.26. The van der Waals surface area contributed by atoms with E-state index >= 15 is 0 Å². The third kappa shape index (κ3) is 3.53. The molecule has 1 aromatic heterocycles. The highest BCUT2D eigenvalue weighted by Gasteiger charge is 2.13. The fraction of sp³-hybridized carbons (Fsp3) is 0.238. The molecule has 0 saturated carbocycles. The number of nitrogens with one attached hydrogen (secondary N) is 1. The minimum Gasteiger partial charge on any atom is -0.340 e. The average molecular weight is 345 g/mol. The molecule has 5 nitrogen and oxygen atoms in total. The van der Waals surface area contributed by atoms with Crippen LogP contribution in [0.25, 0.3) is 0 Å². The molecule has 0 unspecified atom stereocenters. The fourth-order valence-corrected chi connectivity index (χ4v) is 3.31. The van der Waals surface area contributed by atoms with Crippen molar-refractivity contribution >= 4 is 23.0 Å². The Bertz CT molecular complexity index is 894. The number of rotatable bonds is 4. The smallest absolute Gasteiger partial charge is 0.138 e. The van der Waals surface area contributed by atoms with Gasteiger partial charge in [-0.1, -0.05) is 24.3 Å². The second-order valence-electron chi connectivity index (χ2n) is 6.75. The molecule has 0 fully saturated rings. The van der Waals surface area contributed by atoms with Crippen molar-refractivity contribution in [1.29, 1.82) is 0 Å². The van der Waals surface area contributed by atoms with Gasteiger partial charge in [-0.25, -0.2) is 9.97 Å². The zero-order chi connectivity index (χ0) is 17.9. The normalized spacial score (nSPS) is 13.9. The van der Waals surface area contributed by atoms with Crippen molar-refractivity contribution in [2.75, 3.05) is 30.9 Å². The molecule has 0 atom stereocenters. The summed E-state index contributed by atoms with van der Waals surface area (Å²) in [5.41, 5.74) is 4.99. The second-order valence-corrected chi connectivity index (χ2v) is 6.75. The van der Waals surface area contributed by atoms with Crippen LogP contribution in [0.1, 0.15) is 11.1 Å². The molecule has 5 heteroatoms. The summed E-state index contributed by atoms with van der Waals surface area (Å²) >= 11 is 0. The predicted molar refractivity (Wildman–Crippen MR) is 106 cm³/mol. The van der Waals surface area contributed by atoms with Crippen LogP contribution < -0.4 is 10.2 Å². The molecule has 1 aliphatic rings. The molecular formula is C21H23N5. The summed E-state index contributed by atoms with van der Waals surface area (Å²) in [5, 5.41) is 3.42. The zero-order valence-corrected chi connectivity index (χ0v) is 15.2. The lowest BCUT2D eigenvalue weighted by molar-refractivity contribution is 0.313. The first-order valence-electron chi connectivity index (χ1n) is 8.87. The minimum atomic E-state index is 0.793. The number of benzene rings is 2. The molecule has 1 aliphatic heterocycles. The van der Waals surface area contributed by atoms with Gasteiger partial charge in [0.05, 0.1) is 0 Å². The van der Waals surface area contributed by atoms with Crippen LogP contribution in [0.5, 0.6) is 0 Å². The van der Waals surface area contributed by atoms with Crippen LogP contribution in [-0.4, -0.2) is 35.5 Å². The molecule has 132 valence electrons. The summed E-state index contributed by atoms with van der Waals surface area (Å²) < 4.78 is 0. The number of fused-ring (bicyclic) bond motifs is 1. The van der Waals surface area contributed by atoms with Gasteiger partial charge in [0.2, 0.25) is 0 Å². The quantitative estimate of drug-likeness (QED) is 0.775. The lowest BCUT2D eigenvalue weighted by Crippen LogP contribution is -2.26. The molecule has 0 spiro atoms. The van der Waals surface area contributed by atoms with Crippen LogP contribution in [0, 0.1) is 0 Å². The molecule has 3 aromatic rings. The van der Waals surface area contributed by atoms with E-state index in [0.29, 0.717) is 0 Å². The van der Waals surface area contributed by atoms with Gasteiger partial charge in [0.1, 0.15) is 18.0 Å². The highest BCUT2D eigenvalue weighted by atomic mass is 15.2. The van der Waals surface area contributed by atoms with E-state index < -0.39 is 0 Å². The van der Waals surface area contributed by atoms with Gasteiger partial charge in [-0.3, -0.25) is 0 Å². The standard InChI is InChI=1S/C21H23N5/c1-25-11-10-16-8-9-18(12-17(16)14-25)24-20-13-21(23-15-22-20)26(2)19-6-4-3-5-7-19/h3-9,12-13,15H,10-11,14H2,1-2H3,(H,22,23,24). The summed E-state index contributed by atoms with van der Waals surface area (Å²) in [6, 6.07) is 18.7. The van der Waals surface area contributed by atoms with Crippen LogP contribution in [-0.2, 0) is 13.0 Å². The van der Waals surface area contributed by atoms with Crippen LogP contribution in [0.4, 0.5) is 23.0 Å². The number of aromatic nitrogens is 2. The SMILES string of the molecule is CN1CCc2ccc(Nc3cc(N(C)c4ccccc4)ncn3)cc2C1. The molecule has 4 rings (SSSR count). The number of hydrogen-bond donors (Lipinski definition) is 1. The van der Waals surface area contributed by atoms with Gasteiger partial charge < -0.3 is 15.1 Å². The maximum absolute atomic E-state index is 4.41. The van der Waals surface area contributed by atoms with Crippen LogP contribution in [0.3, 0.4) is 0 Å². The number of hydrogen-bond acceptors (Lipinski definition) is 5. The van der Waals surface area contributed by atoms with Gasteiger partial charge >= 0.3 is 0 Å². The van der Waals surface area contributed by atoms with E-state index in [9.17, 15) is 0 Å². The Morgan fingerprint density at radius 1 is 1.00 bits per heavy atom. The van der Waals surface area contributed by atoms with E-state index in [1.165, 1.54) is 11.1 Å². The highest BCUT2D eigenvalue weighted by molar-refractivity contribution is 5.65. The summed E-state index contributed by atoms with van der Waals surface area (Å²) in [6.45, 7) is 2.12. The van der Waals surface area contributed by atoms with Crippen LogP contribution >= 0.6 is 0 Å². The van der Waals surface area contributed by atoms with Crippen LogP contribution in [0.2, 0.25) is 0 Å². The number of nitrogens with zero attached hydrogens (tertiary/aromatic N) is 4. The van der Waals surface area contributed by atoms with Gasteiger partial charge in [0, 0.05) is 37.6 Å². The largest absolute Gasteiger partial charge is 0.340 e. The first-order valence-corrected chi connectivity index (χ1v) is 8.87. The van der Waals surface area contributed by atoms with Gasteiger partial charge in [-0.2, -0.15) is 0 Å². The molecule has 1 N–H and O–H groups in total. The molecule has 0 radical (unpaired) electrons. The molecular weight excluding hydrogens is 322 g/mol. The van der Waals surface area contributed by atoms with Crippen molar-refractivity contribution in [2.45, 2.75) is 13.0 Å². The van der Waals surface area contributed by atoms with Crippen LogP contribution in [0.15, 0.2) is 60.9 Å². The molecule has 2 heterocycles. The van der Waals surface area contributed by atoms with Crippen molar-refractivity contribution in [3.8, 4) is 0 Å². The third-order valence-corrected chi connectivity index (χ3v) is 4.82. The van der Waals surface area contributed by atoms with Crippen molar-refractivity contribution in [3.05, 3.63) is 72.1 Å². The molecule has 0 bridgehead atoms. The number of para-hydroxylation sites is 1. The Balaban J connectivity index is 1.55. The summed E-state index contributed by atoms with van der Waals surface area (Å²) in [7, 11) is 4.18. The van der Waals surface area contributed by atoms with E-state index in [0.717, 1.165) is 42.5 Å². The van der Waals surface area contributed by atoms with E-state index in [1.54, 1.807) is 6.33 Å². The Hall–Kier alpha value is -2.92. The second kappa shape index (κ2) is 7.14. The Morgan fingerprint density at radius 2 is 1.85 bits per heavy atom. The summed E-state index contributed by atoms with van der Waals surface area (Å²) in [4.78, 5) is 13.2. The topological polar surface area (TPSA) is 44.3 Å². The summed E-state index contributed by atoms with van der Waals surface area (Å²) in [6.07, 6.45) is 2.72. The first-order chi connectivity index (χ1) is 12.7. The van der Waals surface area contributed by atoms with Gasteiger partial charge in [-0.05, 0) is 48.9 Å². The molecule has 2 aromatic carbocycles. The Labute approximate surface area is 154 Å². The number of likely N-dealkylation sites (N-methyl/N-ethyl adjacent to an activating group) is 1. The summed E-state index contributed by atoms with van der Waals surface area (Å²) in [5.74, 6) is 1.65. The maximum atomic E-state index is 4.41. The molecule has 26 heavy (non-hydrogen) atoms. The third-order valence-electron chi connectivity index (χ3n) is 4.82. The minimum absolute atomic E-state index is 0.793. The number of anilines is 4. The maximum Gasteiger partial charge on any atom is 0.138 e. The van der Waals surface area contributed by atoms with E-state index in [-0.39, 0.29) is 0 Å². The predicted octanol–water partition coefficient (Wildman–Crippen LogP) is 3.98. The van der Waals surface area contributed by atoms with Crippen molar-refractivity contribution < 1.29 is 0 Å². The molecule has 0 aliphatic carbocycles. The van der Waals surface area contributed by atoms with Gasteiger partial charge in [0.15, 0.2) is 0 Å². The molecule has 0 saturated heterocycles. The Morgan fingerprint density at radius 3 is 2.69 bits per heavy atom. The van der Waals surface area contributed by atoms with Crippen molar-refractivity contribution in [2.24, 2.45) is 0 Å². The van der Waals surface area contributed by atoms with Crippen molar-refractivity contribution in [1.82, 2.24) is 14.9 Å². The first kappa shape index (κ1) is 16.5. The zero-order valence-electron chi connectivity index (χ0n) is 15.2. The average Bonchev–Trinajstić information content (AvgIpc) is 2.68. The molecule has 0 amide bonds. The van der Waals surface area contributed by atoms with E-state index in [1.807, 2.05) is 31.3 Å².